The lowest BCUT2D eigenvalue weighted by atomic mass is 10.0. The molecule has 170 valence electrons. The lowest BCUT2D eigenvalue weighted by Crippen LogP contribution is -2.39. The average molecular weight is 438 g/mol. The van der Waals surface area contributed by atoms with Crippen LogP contribution in [0.2, 0.25) is 0 Å². The van der Waals surface area contributed by atoms with Crippen molar-refractivity contribution < 1.29 is 19.7 Å². The first-order valence-electron chi connectivity index (χ1n) is 11.6. The van der Waals surface area contributed by atoms with Crippen LogP contribution in [0.5, 0.6) is 5.75 Å². The maximum atomic E-state index is 12.7. The first-order valence-corrected chi connectivity index (χ1v) is 11.6. The van der Waals surface area contributed by atoms with E-state index in [-0.39, 0.29) is 24.7 Å². The van der Waals surface area contributed by atoms with Crippen molar-refractivity contribution in [1.29, 1.82) is 0 Å². The Morgan fingerprint density at radius 1 is 1.12 bits per heavy atom. The van der Waals surface area contributed by atoms with Crippen molar-refractivity contribution in [3.63, 3.8) is 0 Å². The van der Waals surface area contributed by atoms with E-state index in [4.69, 9.17) is 9.72 Å². The number of pyridine rings is 1. The third-order valence-corrected chi connectivity index (χ3v) is 7.15. The van der Waals surface area contributed by atoms with Crippen molar-refractivity contribution in [2.24, 2.45) is 0 Å². The van der Waals surface area contributed by atoms with Gasteiger partial charge in [0.05, 0.1) is 30.5 Å². The van der Waals surface area contributed by atoms with Crippen LogP contribution < -0.4 is 9.64 Å². The lowest BCUT2D eigenvalue weighted by Gasteiger charge is -2.34. The van der Waals surface area contributed by atoms with Crippen LogP contribution in [0.4, 0.5) is 5.82 Å². The molecule has 2 aliphatic heterocycles. The number of amides is 1. The van der Waals surface area contributed by atoms with E-state index in [1.165, 1.54) is 11.1 Å². The zero-order valence-corrected chi connectivity index (χ0v) is 18.8. The van der Waals surface area contributed by atoms with Crippen LogP contribution in [0.15, 0.2) is 18.2 Å². The van der Waals surface area contributed by atoms with Crippen molar-refractivity contribution in [2.75, 3.05) is 31.1 Å². The van der Waals surface area contributed by atoms with Gasteiger partial charge in [-0.1, -0.05) is 6.07 Å². The van der Waals surface area contributed by atoms with Crippen molar-refractivity contribution >= 4 is 11.7 Å². The van der Waals surface area contributed by atoms with Crippen LogP contribution in [-0.4, -0.2) is 64.5 Å². The molecule has 7 heteroatoms. The molecule has 32 heavy (non-hydrogen) atoms. The number of fused-ring (bicyclic) bond motifs is 2. The normalized spacial score (nSPS) is 20.6. The molecular weight excluding hydrogens is 406 g/mol. The Morgan fingerprint density at radius 2 is 1.88 bits per heavy atom. The Hall–Kier alpha value is -2.64. The predicted octanol–water partition coefficient (Wildman–Crippen LogP) is 2.15. The van der Waals surface area contributed by atoms with Crippen LogP contribution in [-0.2, 0) is 19.4 Å². The first-order chi connectivity index (χ1) is 15.4. The van der Waals surface area contributed by atoms with Gasteiger partial charge in [-0.05, 0) is 61.1 Å². The summed E-state index contributed by atoms with van der Waals surface area (Å²) in [5.74, 6) is 1.83. The minimum atomic E-state index is -0.263. The molecule has 1 aromatic carbocycles. The summed E-state index contributed by atoms with van der Waals surface area (Å²) in [7, 11) is 0. The van der Waals surface area contributed by atoms with Gasteiger partial charge in [0.1, 0.15) is 17.7 Å². The van der Waals surface area contributed by atoms with Gasteiger partial charge in [0, 0.05) is 32.5 Å². The Balaban J connectivity index is 1.26. The summed E-state index contributed by atoms with van der Waals surface area (Å²) >= 11 is 0. The number of rotatable bonds is 5. The van der Waals surface area contributed by atoms with Crippen molar-refractivity contribution in [1.82, 2.24) is 9.88 Å². The molecular formula is C25H31N3O4. The molecule has 1 aromatic heterocycles. The van der Waals surface area contributed by atoms with Gasteiger partial charge < -0.3 is 24.7 Å². The topological polar surface area (TPSA) is 86.1 Å². The summed E-state index contributed by atoms with van der Waals surface area (Å²) in [4.78, 5) is 21.6. The van der Waals surface area contributed by atoms with Crippen molar-refractivity contribution in [3.8, 4) is 5.75 Å². The summed E-state index contributed by atoms with van der Waals surface area (Å²) in [5, 5.41) is 19.1. The van der Waals surface area contributed by atoms with Gasteiger partial charge in [-0.25, -0.2) is 4.98 Å². The monoisotopic (exact) mass is 437 g/mol. The fourth-order valence-electron chi connectivity index (χ4n) is 5.28. The van der Waals surface area contributed by atoms with Gasteiger partial charge in [-0.2, -0.15) is 0 Å². The maximum Gasteiger partial charge on any atom is 0.256 e. The average Bonchev–Trinajstić information content (AvgIpc) is 3.30. The fourth-order valence-corrected chi connectivity index (χ4v) is 5.28. The number of hydrogen-bond acceptors (Lipinski definition) is 6. The zero-order valence-electron chi connectivity index (χ0n) is 18.8. The molecule has 3 heterocycles. The number of anilines is 1. The quantitative estimate of drug-likeness (QED) is 0.746. The Kier molecular flexibility index (Phi) is 5.55. The largest absolute Gasteiger partial charge is 0.490 e. The standard InChI is InChI=1S/C25H31N3O4/c1-15-16(2)24(26-22-14-28(9-10-29)25(31)23(15)22)27-7-5-20(6-8-27)32-21-4-3-17-11-19(30)12-18(17)13-21/h3-4,13,19-20,29-30H,5-12,14H2,1-2H3/t19-/m0/s1. The van der Waals surface area contributed by atoms with Gasteiger partial charge in [0.15, 0.2) is 0 Å². The molecule has 7 nitrogen and oxygen atoms in total. The van der Waals surface area contributed by atoms with Crippen molar-refractivity contribution in [2.45, 2.75) is 58.3 Å². The van der Waals surface area contributed by atoms with Crippen LogP contribution in [0.3, 0.4) is 0 Å². The number of carbonyl (C=O) groups is 1. The molecule has 0 saturated carbocycles. The molecule has 2 aromatic rings. The Morgan fingerprint density at radius 3 is 2.62 bits per heavy atom. The smallest absolute Gasteiger partial charge is 0.256 e. The van der Waals surface area contributed by atoms with E-state index in [9.17, 15) is 15.0 Å². The van der Waals surface area contributed by atoms with Gasteiger partial charge in [-0.3, -0.25) is 4.79 Å². The summed E-state index contributed by atoms with van der Waals surface area (Å²) in [6, 6.07) is 6.19. The van der Waals surface area contributed by atoms with E-state index in [1.54, 1.807) is 4.90 Å². The van der Waals surface area contributed by atoms with Crippen LogP contribution in [0, 0.1) is 13.8 Å². The highest BCUT2D eigenvalue weighted by Crippen LogP contribution is 2.33. The van der Waals surface area contributed by atoms with Gasteiger partial charge >= 0.3 is 0 Å². The van der Waals surface area contributed by atoms with Crippen LogP contribution in [0.25, 0.3) is 0 Å². The van der Waals surface area contributed by atoms with E-state index in [2.05, 4.69) is 17.0 Å². The number of carbonyl (C=O) groups excluding carboxylic acids is 1. The molecule has 1 fully saturated rings. The summed E-state index contributed by atoms with van der Waals surface area (Å²) in [5.41, 5.74) is 6.00. The highest BCUT2D eigenvalue weighted by Gasteiger charge is 2.33. The van der Waals surface area contributed by atoms with Crippen LogP contribution in [0.1, 0.15) is 51.1 Å². The summed E-state index contributed by atoms with van der Waals surface area (Å²) in [6.07, 6.45) is 3.17. The maximum absolute atomic E-state index is 12.7. The summed E-state index contributed by atoms with van der Waals surface area (Å²) < 4.78 is 6.28. The number of β-amino-alcohol motifs (C(OH)–C–C–N with tert-alkyl or cyclic N) is 1. The van der Waals surface area contributed by atoms with Crippen LogP contribution >= 0.6 is 0 Å². The molecule has 0 spiro atoms. The number of aliphatic hydroxyl groups excluding tert-OH is 2. The van der Waals surface area contributed by atoms with Gasteiger partial charge in [-0.15, -0.1) is 0 Å². The number of ether oxygens (including phenoxy) is 1. The third-order valence-electron chi connectivity index (χ3n) is 7.15. The van der Waals surface area contributed by atoms with E-state index < -0.39 is 0 Å². The molecule has 0 bridgehead atoms. The van der Waals surface area contributed by atoms with Gasteiger partial charge in [0.25, 0.3) is 5.91 Å². The fraction of sp³-hybridized carbons (Fsp3) is 0.520. The number of hydrogen-bond donors (Lipinski definition) is 2. The Labute approximate surface area is 188 Å². The van der Waals surface area contributed by atoms with E-state index in [1.807, 2.05) is 19.9 Å². The molecule has 1 saturated heterocycles. The van der Waals surface area contributed by atoms with E-state index in [0.29, 0.717) is 25.1 Å². The van der Waals surface area contributed by atoms with Crippen molar-refractivity contribution in [3.05, 3.63) is 51.7 Å². The highest BCUT2D eigenvalue weighted by atomic mass is 16.5. The molecule has 2 N–H and O–H groups in total. The molecule has 0 radical (unpaired) electrons. The molecule has 5 rings (SSSR count). The molecule has 3 aliphatic rings. The van der Waals surface area contributed by atoms with E-state index >= 15 is 0 Å². The second-order valence-electron chi connectivity index (χ2n) is 9.25. The molecule has 1 amide bonds. The molecule has 1 aliphatic carbocycles. The highest BCUT2D eigenvalue weighted by molar-refractivity contribution is 6.00. The second-order valence-corrected chi connectivity index (χ2v) is 9.25. The zero-order chi connectivity index (χ0) is 22.4. The number of aromatic nitrogens is 1. The molecule has 1 atom stereocenters. The SMILES string of the molecule is Cc1c(N2CCC(Oc3ccc4c(c3)C[C@@H](O)C4)CC2)nc2c(c1C)C(=O)N(CCO)C2. The minimum Gasteiger partial charge on any atom is -0.490 e. The molecule has 0 unspecified atom stereocenters. The second kappa shape index (κ2) is 8.37. The lowest BCUT2D eigenvalue weighted by molar-refractivity contribution is 0.0744. The predicted molar refractivity (Wildman–Crippen MR) is 121 cm³/mol. The minimum absolute atomic E-state index is 0.0253. The third kappa shape index (κ3) is 3.73. The number of piperidine rings is 1. The first kappa shape index (κ1) is 21.2. The van der Waals surface area contributed by atoms with E-state index in [0.717, 1.165) is 60.7 Å². The number of benzene rings is 1. The Bertz CT molecular complexity index is 1050. The number of nitrogens with zero attached hydrogens (tertiary/aromatic N) is 3. The number of aliphatic hydroxyl groups is 2. The van der Waals surface area contributed by atoms with Gasteiger partial charge in [0.2, 0.25) is 0 Å². The summed E-state index contributed by atoms with van der Waals surface area (Å²) in [6.45, 7) is 6.52.